The standard InChI is InChI=1S/C15H20N2O3/c1-11(2)16(8-5-9-18)10-17-14(19)12-6-3-4-7-13(12)15(17)20/h3-4,6-7,11,18H,5,8-10H2,1-2H3. The summed E-state index contributed by atoms with van der Waals surface area (Å²) in [4.78, 5) is 27.8. The van der Waals surface area contributed by atoms with Gasteiger partial charge in [-0.2, -0.15) is 0 Å². The summed E-state index contributed by atoms with van der Waals surface area (Å²) >= 11 is 0. The molecule has 0 saturated heterocycles. The Balaban J connectivity index is 2.14. The Kier molecular flexibility index (Phi) is 4.52. The first kappa shape index (κ1) is 14.7. The summed E-state index contributed by atoms with van der Waals surface area (Å²) in [5.41, 5.74) is 0.951. The first-order valence-corrected chi connectivity index (χ1v) is 6.86. The van der Waals surface area contributed by atoms with Crippen LogP contribution in [0.25, 0.3) is 0 Å². The van der Waals surface area contributed by atoms with Gasteiger partial charge in [0.05, 0.1) is 17.8 Å². The molecule has 0 saturated carbocycles. The molecule has 0 fully saturated rings. The van der Waals surface area contributed by atoms with E-state index in [0.717, 1.165) is 0 Å². The molecule has 1 aliphatic rings. The molecular formula is C15H20N2O3. The van der Waals surface area contributed by atoms with Crippen LogP contribution in [0.5, 0.6) is 0 Å². The molecular weight excluding hydrogens is 256 g/mol. The van der Waals surface area contributed by atoms with Crippen LogP contribution in [0, 0.1) is 0 Å². The Morgan fingerprint density at radius 3 is 2.15 bits per heavy atom. The number of aliphatic hydroxyl groups is 1. The van der Waals surface area contributed by atoms with E-state index in [1.807, 2.05) is 18.7 Å². The summed E-state index contributed by atoms with van der Waals surface area (Å²) < 4.78 is 0. The van der Waals surface area contributed by atoms with Gasteiger partial charge in [0.15, 0.2) is 0 Å². The van der Waals surface area contributed by atoms with Crippen LogP contribution in [0.3, 0.4) is 0 Å². The van der Waals surface area contributed by atoms with E-state index in [1.165, 1.54) is 4.90 Å². The topological polar surface area (TPSA) is 60.9 Å². The van der Waals surface area contributed by atoms with Crippen LogP contribution in [-0.2, 0) is 0 Å². The second kappa shape index (κ2) is 6.15. The number of imide groups is 1. The highest BCUT2D eigenvalue weighted by molar-refractivity contribution is 6.21. The number of nitrogens with zero attached hydrogens (tertiary/aromatic N) is 2. The molecule has 2 rings (SSSR count). The van der Waals surface area contributed by atoms with Crippen molar-refractivity contribution >= 4 is 11.8 Å². The molecule has 1 aliphatic heterocycles. The zero-order valence-corrected chi connectivity index (χ0v) is 11.9. The van der Waals surface area contributed by atoms with Gasteiger partial charge in [-0.05, 0) is 32.4 Å². The van der Waals surface area contributed by atoms with Gasteiger partial charge in [-0.25, -0.2) is 0 Å². The molecule has 1 aromatic rings. The summed E-state index contributed by atoms with van der Waals surface area (Å²) in [6, 6.07) is 7.09. The first-order chi connectivity index (χ1) is 9.56. The normalized spacial score (nSPS) is 14.6. The van der Waals surface area contributed by atoms with Crippen molar-refractivity contribution in [3.8, 4) is 0 Å². The second-order valence-electron chi connectivity index (χ2n) is 5.21. The van der Waals surface area contributed by atoms with Gasteiger partial charge in [0.2, 0.25) is 0 Å². The molecule has 0 aliphatic carbocycles. The van der Waals surface area contributed by atoms with Crippen LogP contribution in [0.2, 0.25) is 0 Å². The third kappa shape index (κ3) is 2.73. The van der Waals surface area contributed by atoms with E-state index < -0.39 is 0 Å². The van der Waals surface area contributed by atoms with Gasteiger partial charge in [0, 0.05) is 19.2 Å². The highest BCUT2D eigenvalue weighted by atomic mass is 16.3. The molecule has 108 valence electrons. The quantitative estimate of drug-likeness (QED) is 0.796. The number of hydrogen-bond acceptors (Lipinski definition) is 4. The lowest BCUT2D eigenvalue weighted by Crippen LogP contribution is -2.44. The van der Waals surface area contributed by atoms with Crippen LogP contribution in [0.15, 0.2) is 24.3 Å². The molecule has 1 heterocycles. The fraction of sp³-hybridized carbons (Fsp3) is 0.467. The first-order valence-electron chi connectivity index (χ1n) is 6.86. The number of aliphatic hydroxyl groups excluding tert-OH is 1. The molecule has 2 amide bonds. The SMILES string of the molecule is CC(C)N(CCCO)CN1C(=O)c2ccccc2C1=O. The maximum Gasteiger partial charge on any atom is 0.262 e. The number of carbonyl (C=O) groups is 2. The van der Waals surface area contributed by atoms with Gasteiger partial charge in [0.25, 0.3) is 11.8 Å². The van der Waals surface area contributed by atoms with E-state index in [1.54, 1.807) is 24.3 Å². The van der Waals surface area contributed by atoms with Crippen molar-refractivity contribution in [1.29, 1.82) is 0 Å². The average molecular weight is 276 g/mol. The molecule has 0 unspecified atom stereocenters. The molecule has 0 radical (unpaired) electrons. The Hall–Kier alpha value is -1.72. The zero-order chi connectivity index (χ0) is 14.7. The van der Waals surface area contributed by atoms with E-state index >= 15 is 0 Å². The third-order valence-electron chi connectivity index (χ3n) is 3.53. The Labute approximate surface area is 118 Å². The molecule has 1 N–H and O–H groups in total. The van der Waals surface area contributed by atoms with E-state index in [0.29, 0.717) is 24.1 Å². The van der Waals surface area contributed by atoms with E-state index in [-0.39, 0.29) is 31.1 Å². The maximum atomic E-state index is 12.3. The summed E-state index contributed by atoms with van der Waals surface area (Å²) in [5, 5.41) is 8.93. The number of amides is 2. The molecule has 0 bridgehead atoms. The summed E-state index contributed by atoms with van der Waals surface area (Å²) in [5.74, 6) is -0.472. The van der Waals surface area contributed by atoms with Gasteiger partial charge in [0.1, 0.15) is 0 Å². The van der Waals surface area contributed by atoms with Crippen LogP contribution >= 0.6 is 0 Å². The zero-order valence-electron chi connectivity index (χ0n) is 11.9. The third-order valence-corrected chi connectivity index (χ3v) is 3.53. The highest BCUT2D eigenvalue weighted by Crippen LogP contribution is 2.22. The lowest BCUT2D eigenvalue weighted by atomic mass is 10.1. The maximum absolute atomic E-state index is 12.3. The minimum Gasteiger partial charge on any atom is -0.396 e. The van der Waals surface area contributed by atoms with Gasteiger partial charge >= 0.3 is 0 Å². The predicted octanol–water partition coefficient (Wildman–Crippen LogP) is 1.33. The van der Waals surface area contributed by atoms with Gasteiger partial charge < -0.3 is 5.11 Å². The number of benzene rings is 1. The molecule has 5 heteroatoms. The Morgan fingerprint density at radius 1 is 1.15 bits per heavy atom. The molecule has 20 heavy (non-hydrogen) atoms. The van der Waals surface area contributed by atoms with Crippen molar-refractivity contribution in [3.05, 3.63) is 35.4 Å². The lowest BCUT2D eigenvalue weighted by molar-refractivity contribution is 0.0496. The second-order valence-corrected chi connectivity index (χ2v) is 5.21. The smallest absolute Gasteiger partial charge is 0.262 e. The van der Waals surface area contributed by atoms with Crippen molar-refractivity contribution in [2.24, 2.45) is 0 Å². The minimum atomic E-state index is -0.236. The predicted molar refractivity (Wildman–Crippen MR) is 75.4 cm³/mol. The van der Waals surface area contributed by atoms with Crippen molar-refractivity contribution < 1.29 is 14.7 Å². The van der Waals surface area contributed by atoms with Crippen LogP contribution in [0.1, 0.15) is 41.0 Å². The number of rotatable bonds is 6. The van der Waals surface area contributed by atoms with Crippen molar-refractivity contribution in [2.75, 3.05) is 19.8 Å². The molecule has 1 aromatic carbocycles. The molecule has 0 spiro atoms. The number of carbonyl (C=O) groups excluding carboxylic acids is 2. The van der Waals surface area contributed by atoms with Gasteiger partial charge in [-0.3, -0.25) is 19.4 Å². The molecule has 5 nitrogen and oxygen atoms in total. The minimum absolute atomic E-state index is 0.103. The summed E-state index contributed by atoms with van der Waals surface area (Å²) in [6.45, 7) is 5.04. The lowest BCUT2D eigenvalue weighted by Gasteiger charge is -2.29. The van der Waals surface area contributed by atoms with Gasteiger partial charge in [-0.15, -0.1) is 0 Å². The van der Waals surface area contributed by atoms with Gasteiger partial charge in [-0.1, -0.05) is 12.1 Å². The number of hydrogen-bond donors (Lipinski definition) is 1. The van der Waals surface area contributed by atoms with E-state index in [2.05, 4.69) is 0 Å². The van der Waals surface area contributed by atoms with Crippen LogP contribution < -0.4 is 0 Å². The number of fused-ring (bicyclic) bond motifs is 1. The van der Waals surface area contributed by atoms with Crippen LogP contribution in [-0.4, -0.2) is 52.6 Å². The average Bonchev–Trinajstić information content (AvgIpc) is 2.68. The monoisotopic (exact) mass is 276 g/mol. The molecule has 0 aromatic heterocycles. The molecule has 0 atom stereocenters. The Bertz CT molecular complexity index is 479. The van der Waals surface area contributed by atoms with E-state index in [9.17, 15) is 9.59 Å². The highest BCUT2D eigenvalue weighted by Gasteiger charge is 2.36. The summed E-state index contributed by atoms with van der Waals surface area (Å²) in [6.07, 6.45) is 0.626. The fourth-order valence-electron chi connectivity index (χ4n) is 2.32. The van der Waals surface area contributed by atoms with Crippen molar-refractivity contribution in [3.63, 3.8) is 0 Å². The fourth-order valence-corrected chi connectivity index (χ4v) is 2.32. The van der Waals surface area contributed by atoms with E-state index in [4.69, 9.17) is 5.11 Å². The Morgan fingerprint density at radius 2 is 1.70 bits per heavy atom. The van der Waals surface area contributed by atoms with Crippen LogP contribution in [0.4, 0.5) is 0 Å². The van der Waals surface area contributed by atoms with Crippen molar-refractivity contribution in [1.82, 2.24) is 9.80 Å². The summed E-state index contributed by atoms with van der Waals surface area (Å²) in [7, 11) is 0. The largest absolute Gasteiger partial charge is 0.396 e. The van der Waals surface area contributed by atoms with Crippen molar-refractivity contribution in [2.45, 2.75) is 26.3 Å².